The van der Waals surface area contributed by atoms with Gasteiger partial charge in [-0.2, -0.15) is 9.57 Å². The topological polar surface area (TPSA) is 98.5 Å². The van der Waals surface area contributed by atoms with Crippen LogP contribution in [0.5, 0.6) is 0 Å². The number of carboxylic acid groups (broad SMARTS) is 1. The predicted molar refractivity (Wildman–Crippen MR) is 70.7 cm³/mol. The molecule has 1 aliphatic heterocycles. The molecule has 2 rings (SSSR count). The summed E-state index contributed by atoms with van der Waals surface area (Å²) in [6.07, 6.45) is 0.770. The largest absolute Gasteiger partial charge is 0.480 e. The number of rotatable bonds is 3. The van der Waals surface area contributed by atoms with Crippen LogP contribution in [0.3, 0.4) is 0 Å². The summed E-state index contributed by atoms with van der Waals surface area (Å²) in [6.45, 7) is 0.148. The lowest BCUT2D eigenvalue weighted by Crippen LogP contribution is -2.40. The van der Waals surface area contributed by atoms with Crippen molar-refractivity contribution in [1.82, 2.24) is 4.31 Å². The molecule has 8 heteroatoms. The molecule has 0 spiro atoms. The molecular weight excluding hydrogens is 304 g/mol. The first kappa shape index (κ1) is 14.8. The van der Waals surface area contributed by atoms with Crippen molar-refractivity contribution >= 4 is 27.6 Å². The van der Waals surface area contributed by atoms with E-state index in [0.29, 0.717) is 6.42 Å². The molecule has 1 N–H and O–H groups in total. The van der Waals surface area contributed by atoms with Crippen LogP contribution < -0.4 is 0 Å². The summed E-state index contributed by atoms with van der Waals surface area (Å²) >= 11 is 5.89. The molecule has 0 unspecified atom stereocenters. The van der Waals surface area contributed by atoms with Crippen LogP contribution in [0.25, 0.3) is 0 Å². The van der Waals surface area contributed by atoms with Crippen LogP contribution in [0.4, 0.5) is 0 Å². The summed E-state index contributed by atoms with van der Waals surface area (Å²) in [4.78, 5) is 10.9. The second kappa shape index (κ2) is 5.40. The van der Waals surface area contributed by atoms with E-state index < -0.39 is 22.0 Å². The average Bonchev–Trinajstić information content (AvgIpc) is 2.88. The number of nitrogens with zero attached hydrogens (tertiary/aromatic N) is 2. The zero-order valence-corrected chi connectivity index (χ0v) is 11.9. The molecule has 0 bridgehead atoms. The lowest BCUT2D eigenvalue weighted by Gasteiger charge is -2.21. The molecule has 6 nitrogen and oxygen atoms in total. The number of sulfonamides is 1. The Balaban J connectivity index is 2.46. The summed E-state index contributed by atoms with van der Waals surface area (Å²) < 4.78 is 25.9. The van der Waals surface area contributed by atoms with Crippen LogP contribution in [-0.2, 0) is 14.8 Å². The van der Waals surface area contributed by atoms with Gasteiger partial charge in [0.25, 0.3) is 0 Å². The van der Waals surface area contributed by atoms with Gasteiger partial charge in [0, 0.05) is 6.54 Å². The molecule has 0 saturated carbocycles. The van der Waals surface area contributed by atoms with Crippen molar-refractivity contribution in [2.24, 2.45) is 0 Å². The third kappa shape index (κ3) is 2.50. The highest BCUT2D eigenvalue weighted by molar-refractivity contribution is 7.89. The van der Waals surface area contributed by atoms with Gasteiger partial charge in [-0.15, -0.1) is 0 Å². The van der Waals surface area contributed by atoms with Crippen molar-refractivity contribution in [2.75, 3.05) is 6.54 Å². The van der Waals surface area contributed by atoms with Gasteiger partial charge in [-0.3, -0.25) is 4.79 Å². The molecule has 0 aliphatic carbocycles. The molecule has 0 aromatic heterocycles. The van der Waals surface area contributed by atoms with Crippen molar-refractivity contribution in [1.29, 1.82) is 5.26 Å². The Kier molecular flexibility index (Phi) is 3.99. The monoisotopic (exact) mass is 314 g/mol. The molecule has 0 amide bonds. The third-order valence-corrected chi connectivity index (χ3v) is 5.53. The average molecular weight is 315 g/mol. The summed E-state index contributed by atoms with van der Waals surface area (Å²) in [5.41, 5.74) is 0.241. The Labute approximate surface area is 121 Å². The Hall–Kier alpha value is -1.62. The Morgan fingerprint density at radius 3 is 2.75 bits per heavy atom. The minimum Gasteiger partial charge on any atom is -0.480 e. The summed E-state index contributed by atoms with van der Waals surface area (Å²) in [6, 6.07) is 4.61. The maximum atomic E-state index is 12.5. The van der Waals surface area contributed by atoms with E-state index in [0.717, 1.165) is 4.31 Å². The molecule has 1 fully saturated rings. The van der Waals surface area contributed by atoms with E-state index in [2.05, 4.69) is 0 Å². The second-order valence-corrected chi connectivity index (χ2v) is 6.64. The molecular formula is C12H11ClN2O4S. The van der Waals surface area contributed by atoms with Crippen LogP contribution >= 0.6 is 11.6 Å². The second-order valence-electron chi connectivity index (χ2n) is 4.37. The number of carboxylic acids is 1. The van der Waals surface area contributed by atoms with E-state index in [1.54, 1.807) is 0 Å². The van der Waals surface area contributed by atoms with Crippen LogP contribution in [-0.4, -0.2) is 36.4 Å². The van der Waals surface area contributed by atoms with E-state index >= 15 is 0 Å². The summed E-state index contributed by atoms with van der Waals surface area (Å²) in [5, 5.41) is 17.7. The summed E-state index contributed by atoms with van der Waals surface area (Å²) in [5.74, 6) is -1.17. The van der Waals surface area contributed by atoms with Gasteiger partial charge in [0.1, 0.15) is 10.9 Å². The molecule has 1 aromatic rings. The highest BCUT2D eigenvalue weighted by atomic mass is 35.5. The molecule has 1 atom stereocenters. The van der Waals surface area contributed by atoms with Crippen molar-refractivity contribution in [3.8, 4) is 6.07 Å². The highest BCUT2D eigenvalue weighted by Crippen LogP contribution is 2.30. The summed E-state index contributed by atoms with van der Waals surface area (Å²) in [7, 11) is -3.98. The highest BCUT2D eigenvalue weighted by Gasteiger charge is 2.40. The van der Waals surface area contributed by atoms with Gasteiger partial charge in [-0.1, -0.05) is 11.6 Å². The van der Waals surface area contributed by atoms with Crippen molar-refractivity contribution < 1.29 is 18.3 Å². The first-order valence-corrected chi connectivity index (χ1v) is 7.64. The fourth-order valence-corrected chi connectivity index (χ4v) is 4.35. The Bertz CT molecular complexity index is 696. The van der Waals surface area contributed by atoms with E-state index in [4.69, 9.17) is 22.0 Å². The van der Waals surface area contributed by atoms with E-state index in [1.165, 1.54) is 18.2 Å². The first-order valence-electron chi connectivity index (χ1n) is 5.82. The van der Waals surface area contributed by atoms with Gasteiger partial charge in [-0.05, 0) is 31.0 Å². The van der Waals surface area contributed by atoms with Crippen LogP contribution in [0, 0.1) is 11.3 Å². The first-order chi connectivity index (χ1) is 9.37. The number of aliphatic carboxylic acids is 1. The lowest BCUT2D eigenvalue weighted by molar-refractivity contribution is -0.140. The van der Waals surface area contributed by atoms with Gasteiger partial charge in [-0.25, -0.2) is 8.42 Å². The maximum Gasteiger partial charge on any atom is 0.322 e. The fourth-order valence-electron chi connectivity index (χ4n) is 2.18. The van der Waals surface area contributed by atoms with Crippen molar-refractivity contribution in [2.45, 2.75) is 23.8 Å². The van der Waals surface area contributed by atoms with Gasteiger partial charge in [0.15, 0.2) is 0 Å². The van der Waals surface area contributed by atoms with E-state index in [9.17, 15) is 13.2 Å². The minimum atomic E-state index is -3.98. The minimum absolute atomic E-state index is 0.0833. The smallest absolute Gasteiger partial charge is 0.322 e. The molecule has 1 aliphatic rings. The molecule has 1 saturated heterocycles. The number of nitriles is 1. The predicted octanol–water partition coefficient (Wildman–Crippen LogP) is 1.45. The fraction of sp³-hybridized carbons (Fsp3) is 0.333. The van der Waals surface area contributed by atoms with Crippen LogP contribution in [0.1, 0.15) is 18.4 Å². The van der Waals surface area contributed by atoms with E-state index in [-0.39, 0.29) is 28.4 Å². The molecule has 1 aromatic carbocycles. The van der Waals surface area contributed by atoms with Gasteiger partial charge in [0.2, 0.25) is 10.0 Å². The molecule has 106 valence electrons. The Morgan fingerprint density at radius 1 is 1.50 bits per heavy atom. The zero-order valence-electron chi connectivity index (χ0n) is 10.3. The molecule has 1 heterocycles. The van der Waals surface area contributed by atoms with Crippen molar-refractivity contribution in [3.05, 3.63) is 28.8 Å². The number of halogens is 1. The van der Waals surface area contributed by atoms with Crippen molar-refractivity contribution in [3.63, 3.8) is 0 Å². The maximum absolute atomic E-state index is 12.5. The lowest BCUT2D eigenvalue weighted by atomic mass is 10.2. The SMILES string of the molecule is N#Cc1ccc(S(=O)(=O)N2CCC[C@@H]2C(=O)O)c(Cl)c1. The zero-order chi connectivity index (χ0) is 14.9. The number of carbonyl (C=O) groups is 1. The standard InChI is InChI=1S/C12H11ClN2O4S/c13-9-6-8(7-14)3-4-11(9)20(18,19)15-5-1-2-10(15)12(16)17/h3-4,6,10H,1-2,5H2,(H,16,17)/t10-/m1/s1. The van der Waals surface area contributed by atoms with Gasteiger partial charge < -0.3 is 5.11 Å². The van der Waals surface area contributed by atoms with Gasteiger partial charge >= 0.3 is 5.97 Å². The third-order valence-electron chi connectivity index (χ3n) is 3.14. The number of benzene rings is 1. The van der Waals surface area contributed by atoms with E-state index in [1.807, 2.05) is 6.07 Å². The Morgan fingerprint density at radius 2 is 2.20 bits per heavy atom. The normalized spacial score (nSPS) is 19.7. The molecule has 0 radical (unpaired) electrons. The van der Waals surface area contributed by atoms with Crippen LogP contribution in [0.2, 0.25) is 5.02 Å². The number of hydrogen-bond acceptors (Lipinski definition) is 4. The quantitative estimate of drug-likeness (QED) is 0.910. The number of hydrogen-bond donors (Lipinski definition) is 1. The molecule has 20 heavy (non-hydrogen) atoms. The van der Waals surface area contributed by atoms with Gasteiger partial charge in [0.05, 0.1) is 16.7 Å². The van der Waals surface area contributed by atoms with Crippen LogP contribution in [0.15, 0.2) is 23.1 Å².